The number of hydrogen-bond acceptors (Lipinski definition) is 8. The zero-order valence-electron chi connectivity index (χ0n) is 33.5. The Kier molecular flexibility index (Phi) is 12.4. The molecule has 2 saturated heterocycles. The molecule has 0 spiro atoms. The van der Waals surface area contributed by atoms with E-state index in [1.54, 1.807) is 0 Å². The molecule has 2 aliphatic heterocycles. The molecule has 3 aromatic rings. The Morgan fingerprint density at radius 1 is 0.922 bits per heavy atom. The van der Waals surface area contributed by atoms with Gasteiger partial charge in [-0.15, -0.1) is 0 Å². The summed E-state index contributed by atoms with van der Waals surface area (Å²) in [5.41, 5.74) is 3.31. The zero-order valence-corrected chi connectivity index (χ0v) is 38.4. The molecule has 2 atom stereocenters. The van der Waals surface area contributed by atoms with Gasteiger partial charge in [0, 0.05) is 16.1 Å². The van der Waals surface area contributed by atoms with Crippen LogP contribution < -0.4 is 8.61 Å². The van der Waals surface area contributed by atoms with Crippen LogP contribution in [0.25, 0.3) is 16.8 Å². The predicted molar refractivity (Wildman–Crippen MR) is 216 cm³/mol. The Labute approximate surface area is 312 Å². The van der Waals surface area contributed by atoms with Gasteiger partial charge in [0.15, 0.2) is 0 Å². The molecule has 5 heterocycles. The van der Waals surface area contributed by atoms with Gasteiger partial charge in [-0.3, -0.25) is 0 Å². The maximum atomic E-state index is 13.3. The molecule has 0 N–H and O–H groups in total. The number of anilines is 1. The number of rotatable bonds is 14. The summed E-state index contributed by atoms with van der Waals surface area (Å²) in [6.07, 6.45) is 7.44. The first-order valence-corrected chi connectivity index (χ1v) is 36.4. The van der Waals surface area contributed by atoms with E-state index in [1.165, 1.54) is 3.71 Å². The van der Waals surface area contributed by atoms with E-state index in [9.17, 15) is 4.79 Å². The van der Waals surface area contributed by atoms with Crippen molar-refractivity contribution < 1.29 is 19.0 Å². The quantitative estimate of drug-likeness (QED) is 0.0908. The first-order valence-electron chi connectivity index (χ1n) is 19.0. The van der Waals surface area contributed by atoms with Gasteiger partial charge in [-0.05, 0) is 32.9 Å². The number of fused-ring (bicyclic) bond motifs is 3. The second kappa shape index (κ2) is 15.8. The molecule has 1 amide bonds. The Morgan fingerprint density at radius 3 is 2.00 bits per heavy atom. The van der Waals surface area contributed by atoms with Gasteiger partial charge in [0.25, 0.3) is 0 Å². The van der Waals surface area contributed by atoms with Crippen LogP contribution in [0.15, 0.2) is 30.6 Å². The van der Waals surface area contributed by atoms with Crippen LogP contribution in [0.2, 0.25) is 66.2 Å². The minimum atomic E-state index is -2.33. The van der Waals surface area contributed by atoms with Crippen LogP contribution in [0.3, 0.4) is 0 Å². The number of ether oxygens (including phenoxy) is 3. The average molecular weight is 844 g/mol. The molecule has 0 aliphatic carbocycles. The fraction of sp³-hybridized carbons (Fsp3) is 0.684. The summed E-state index contributed by atoms with van der Waals surface area (Å²) in [6, 6.07) is 9.07. The van der Waals surface area contributed by atoms with Crippen molar-refractivity contribution in [2.45, 2.75) is 136 Å². The fourth-order valence-corrected chi connectivity index (χ4v) is 11.4. The third kappa shape index (κ3) is 10.8. The van der Waals surface area contributed by atoms with Gasteiger partial charge in [-0.1, -0.05) is 39.3 Å². The molecule has 10 nitrogen and oxygen atoms in total. The molecule has 2 bridgehead atoms. The van der Waals surface area contributed by atoms with Crippen LogP contribution in [0.1, 0.15) is 58.1 Å². The Bertz CT molecular complexity index is 1610. The Hall–Kier alpha value is -2.01. The summed E-state index contributed by atoms with van der Waals surface area (Å²) in [7, 11) is -2.51. The van der Waals surface area contributed by atoms with E-state index in [0.717, 1.165) is 79.3 Å². The van der Waals surface area contributed by atoms with Crippen molar-refractivity contribution in [2.75, 3.05) is 31.6 Å². The average Bonchev–Trinajstić information content (AvgIpc) is 3.55. The second-order valence-corrected chi connectivity index (χ2v) is 44.7. The molecule has 2 fully saturated rings. The van der Waals surface area contributed by atoms with E-state index < -0.39 is 40.1 Å². The number of carbonyl (C=O) groups excluding carboxylic acids is 1. The molecule has 0 radical (unpaired) electrons. The van der Waals surface area contributed by atoms with Crippen LogP contribution >= 0.6 is 0 Å². The van der Waals surface area contributed by atoms with Crippen LogP contribution in [0.4, 0.5) is 10.6 Å². The second-order valence-electron chi connectivity index (χ2n) is 19.2. The van der Waals surface area contributed by atoms with Crippen molar-refractivity contribution in [3.05, 3.63) is 36.3 Å². The molecule has 3 aromatic heterocycles. The van der Waals surface area contributed by atoms with Gasteiger partial charge in [0.2, 0.25) is 0 Å². The van der Waals surface area contributed by atoms with E-state index in [0.29, 0.717) is 13.5 Å². The maximum absolute atomic E-state index is 13.3. The monoisotopic (exact) mass is 844 g/mol. The van der Waals surface area contributed by atoms with Crippen LogP contribution in [0.5, 0.6) is 0 Å². The van der Waals surface area contributed by atoms with Crippen molar-refractivity contribution in [1.29, 1.82) is 0 Å². The zero-order chi connectivity index (χ0) is 37.4. The topological polar surface area (TPSA) is 94.3 Å². The molecule has 2 aliphatic rings. The first kappa shape index (κ1) is 40.2. The first-order chi connectivity index (χ1) is 23.7. The summed E-state index contributed by atoms with van der Waals surface area (Å²) in [5.74, 6) is 1.12. The van der Waals surface area contributed by atoms with Gasteiger partial charge < -0.3 is 4.74 Å². The van der Waals surface area contributed by atoms with Gasteiger partial charge in [-0.25, -0.2) is 4.79 Å². The van der Waals surface area contributed by atoms with Crippen LogP contribution in [0, 0.1) is 0 Å². The Morgan fingerprint density at radius 2 is 1.51 bits per heavy atom. The number of carbonyl (C=O) groups is 1. The minimum absolute atomic E-state index is 0.140. The predicted octanol–water partition coefficient (Wildman–Crippen LogP) is 8.41. The summed E-state index contributed by atoms with van der Waals surface area (Å²) >= 11 is -2.33. The van der Waals surface area contributed by atoms with Gasteiger partial charge in [-0.2, -0.15) is 0 Å². The number of nitrogens with zero attached hydrogens (tertiary/aromatic N) is 6. The molecule has 2 unspecified atom stereocenters. The van der Waals surface area contributed by atoms with Crippen molar-refractivity contribution >= 4 is 55.8 Å². The van der Waals surface area contributed by atoms with Crippen molar-refractivity contribution in [3.8, 4) is 11.1 Å². The summed E-state index contributed by atoms with van der Waals surface area (Å²) in [6.45, 7) is 22.3. The van der Waals surface area contributed by atoms with Crippen LogP contribution in [-0.4, -0.2) is 109 Å². The SMILES string of the molecule is CC(C)(C)OC(=O)N1C2CCC1CC(c1cc(N(COCC[Si](C)(C)C)COCC[Si](C)(C)C)n3ncc(-c4cc[c]([Sn]([CH3])([CH3])[CH3])nc4)c3n1)C2. The summed E-state index contributed by atoms with van der Waals surface area (Å²) in [4.78, 5) is 35.0. The number of hydrogen-bond donors (Lipinski definition) is 0. The fourth-order valence-electron chi connectivity index (χ4n) is 6.91. The molecule has 0 aromatic carbocycles. The molecule has 51 heavy (non-hydrogen) atoms. The van der Waals surface area contributed by atoms with Crippen molar-refractivity contribution in [3.63, 3.8) is 0 Å². The van der Waals surface area contributed by atoms with Crippen molar-refractivity contribution in [2.24, 2.45) is 0 Å². The molecule has 5 rings (SSSR count). The number of piperidine rings is 1. The Balaban J connectivity index is 1.53. The van der Waals surface area contributed by atoms with E-state index in [4.69, 9.17) is 29.3 Å². The molecular weight excluding hydrogens is 779 g/mol. The van der Waals surface area contributed by atoms with Gasteiger partial charge >= 0.3 is 211 Å². The summed E-state index contributed by atoms with van der Waals surface area (Å²) in [5, 5.41) is 4.95. The summed E-state index contributed by atoms with van der Waals surface area (Å²) < 4.78 is 21.8. The molecule has 0 saturated carbocycles. The third-order valence-electron chi connectivity index (χ3n) is 9.88. The number of amides is 1. The van der Waals surface area contributed by atoms with E-state index >= 15 is 0 Å². The van der Waals surface area contributed by atoms with Crippen LogP contribution in [-0.2, 0) is 14.2 Å². The normalized spacial score (nSPS) is 19.9. The molecular formula is C38H64N6O4Si2Sn. The van der Waals surface area contributed by atoms with E-state index in [-0.39, 0.29) is 24.1 Å². The van der Waals surface area contributed by atoms with Crippen molar-refractivity contribution in [1.82, 2.24) is 24.5 Å². The molecule has 282 valence electrons. The van der Waals surface area contributed by atoms with E-state index in [1.807, 2.05) is 42.6 Å². The standard InChI is InChI=1S/C35H55N6O4Si2.3CH3.Sn/c1-35(2,3)45-34(42)40-28-12-13-29(40)20-27(19-28)31-21-32(41-33(38-31)30(23-37-41)26-11-10-14-36-22-26)39(24-43-15-17-46(4,5)6)25-44-16-18-47(7,8)9;;;;/h10-11,21-23,27-29H,12-13,15-20,24-25H2,1-9H3;3*1H3;. The van der Waals surface area contributed by atoms with E-state index in [2.05, 4.69) is 77.2 Å². The van der Waals surface area contributed by atoms with Gasteiger partial charge in [0.1, 0.15) is 5.60 Å². The number of aromatic nitrogens is 4. The number of pyridine rings is 1. The molecule has 13 heteroatoms. The third-order valence-corrected chi connectivity index (χ3v) is 18.5. The van der Waals surface area contributed by atoms with Gasteiger partial charge in [0.05, 0.1) is 0 Å².